The molecule has 1 aromatic heterocycles. The first-order valence-electron chi connectivity index (χ1n) is 8.91. The predicted octanol–water partition coefficient (Wildman–Crippen LogP) is 1.78. The van der Waals surface area contributed by atoms with Crippen molar-refractivity contribution >= 4 is 34.5 Å². The smallest absolute Gasteiger partial charge is 0.253 e. The fourth-order valence-electron chi connectivity index (χ4n) is 2.87. The third kappa shape index (κ3) is 4.29. The lowest BCUT2D eigenvalue weighted by Gasteiger charge is -2.13. The van der Waals surface area contributed by atoms with Crippen molar-refractivity contribution in [1.82, 2.24) is 14.5 Å². The number of carbonyl (C=O) groups is 2. The van der Waals surface area contributed by atoms with Crippen molar-refractivity contribution < 1.29 is 14.7 Å². The van der Waals surface area contributed by atoms with E-state index in [2.05, 4.69) is 15.6 Å². The van der Waals surface area contributed by atoms with Crippen molar-refractivity contribution in [3.05, 3.63) is 54.1 Å². The summed E-state index contributed by atoms with van der Waals surface area (Å²) in [6.45, 7) is 0.335. The van der Waals surface area contributed by atoms with Gasteiger partial charge in [-0.15, -0.1) is 0 Å². The van der Waals surface area contributed by atoms with E-state index in [-0.39, 0.29) is 25.0 Å². The highest BCUT2D eigenvalue weighted by Crippen LogP contribution is 2.20. The Morgan fingerprint density at radius 1 is 1.14 bits per heavy atom. The number of nitrogens with one attached hydrogen (secondary N) is 2. The van der Waals surface area contributed by atoms with Crippen LogP contribution in [0.5, 0.6) is 0 Å². The Morgan fingerprint density at radius 3 is 2.68 bits per heavy atom. The van der Waals surface area contributed by atoms with Gasteiger partial charge in [0.25, 0.3) is 5.91 Å². The number of fused-ring (bicyclic) bond motifs is 1. The zero-order valence-corrected chi connectivity index (χ0v) is 15.8. The van der Waals surface area contributed by atoms with Crippen LogP contribution in [0.4, 0.5) is 11.6 Å². The Bertz CT molecular complexity index is 996. The Kier molecular flexibility index (Phi) is 5.90. The highest BCUT2D eigenvalue weighted by atomic mass is 16.3. The first kappa shape index (κ1) is 19.4. The normalized spacial score (nSPS) is 10.7. The molecule has 0 fully saturated rings. The fraction of sp³-hybridized carbons (Fsp3) is 0.250. The number of hydrogen-bond donors (Lipinski definition) is 3. The van der Waals surface area contributed by atoms with E-state index in [4.69, 9.17) is 5.11 Å². The molecule has 1 heterocycles. The van der Waals surface area contributed by atoms with Crippen molar-refractivity contribution in [2.45, 2.75) is 6.54 Å². The van der Waals surface area contributed by atoms with E-state index < -0.39 is 0 Å². The molecule has 0 radical (unpaired) electrons. The summed E-state index contributed by atoms with van der Waals surface area (Å²) in [7, 11) is 3.36. The van der Waals surface area contributed by atoms with Crippen molar-refractivity contribution in [3.63, 3.8) is 0 Å². The molecule has 0 aliphatic rings. The summed E-state index contributed by atoms with van der Waals surface area (Å²) in [6, 6.07) is 14.3. The Morgan fingerprint density at radius 2 is 1.93 bits per heavy atom. The van der Waals surface area contributed by atoms with E-state index in [0.29, 0.717) is 23.7 Å². The summed E-state index contributed by atoms with van der Waals surface area (Å²) >= 11 is 0. The van der Waals surface area contributed by atoms with Gasteiger partial charge >= 0.3 is 0 Å². The highest BCUT2D eigenvalue weighted by Gasteiger charge is 2.14. The van der Waals surface area contributed by atoms with Crippen LogP contribution in [0.15, 0.2) is 48.5 Å². The maximum absolute atomic E-state index is 12.6. The number of para-hydroxylation sites is 2. The van der Waals surface area contributed by atoms with Gasteiger partial charge in [0.15, 0.2) is 0 Å². The second-order valence-corrected chi connectivity index (χ2v) is 6.49. The van der Waals surface area contributed by atoms with Gasteiger partial charge in [-0.05, 0) is 30.3 Å². The van der Waals surface area contributed by atoms with Crippen molar-refractivity contribution in [1.29, 1.82) is 0 Å². The minimum absolute atomic E-state index is 0.0396. The number of rotatable bonds is 7. The maximum atomic E-state index is 12.6. The molecule has 0 bridgehead atoms. The van der Waals surface area contributed by atoms with Crippen LogP contribution in [0.2, 0.25) is 0 Å². The summed E-state index contributed by atoms with van der Waals surface area (Å²) in [4.78, 5) is 30.7. The fourth-order valence-corrected chi connectivity index (χ4v) is 2.87. The van der Waals surface area contributed by atoms with E-state index in [1.807, 2.05) is 24.3 Å². The zero-order valence-electron chi connectivity index (χ0n) is 15.8. The maximum Gasteiger partial charge on any atom is 0.253 e. The molecule has 0 unspecified atom stereocenters. The lowest BCUT2D eigenvalue weighted by atomic mass is 10.2. The van der Waals surface area contributed by atoms with Crippen LogP contribution in [0.3, 0.4) is 0 Å². The number of hydrogen-bond acceptors (Lipinski definition) is 5. The van der Waals surface area contributed by atoms with E-state index in [1.165, 1.54) is 4.90 Å². The van der Waals surface area contributed by atoms with Crippen LogP contribution >= 0.6 is 0 Å². The number of anilines is 2. The number of nitrogens with zero attached hydrogens (tertiary/aromatic N) is 3. The number of carbonyl (C=O) groups excluding carboxylic acids is 2. The van der Waals surface area contributed by atoms with Crippen LogP contribution in [0.25, 0.3) is 11.0 Å². The Balaban J connectivity index is 1.80. The number of imidazole rings is 1. The summed E-state index contributed by atoms with van der Waals surface area (Å²) in [6.07, 6.45) is 0. The molecule has 3 rings (SSSR count). The molecule has 0 aliphatic carbocycles. The standard InChI is InChI=1S/C20H23N5O3/c1-24(2)19(28)14-6-5-7-15(12-14)22-18(27)13-25-17-9-4-3-8-16(17)23-20(25)21-10-11-26/h3-9,12,26H,10-11,13H2,1-2H3,(H,21,23)(H,22,27). The van der Waals surface area contributed by atoms with E-state index >= 15 is 0 Å². The number of aliphatic hydroxyl groups is 1. The first-order chi connectivity index (χ1) is 13.5. The molecule has 28 heavy (non-hydrogen) atoms. The van der Waals surface area contributed by atoms with Gasteiger partial charge in [-0.1, -0.05) is 18.2 Å². The molecule has 0 spiro atoms. The number of benzene rings is 2. The van der Waals surface area contributed by atoms with Crippen LogP contribution < -0.4 is 10.6 Å². The SMILES string of the molecule is CN(C)C(=O)c1cccc(NC(=O)Cn2c(NCCO)nc3ccccc32)c1. The summed E-state index contributed by atoms with van der Waals surface area (Å²) in [5.41, 5.74) is 2.62. The van der Waals surface area contributed by atoms with Gasteiger partial charge in [0.2, 0.25) is 11.9 Å². The third-order valence-electron chi connectivity index (χ3n) is 4.15. The minimum atomic E-state index is -0.246. The van der Waals surface area contributed by atoms with E-state index in [0.717, 1.165) is 11.0 Å². The lowest BCUT2D eigenvalue weighted by Crippen LogP contribution is -2.23. The van der Waals surface area contributed by atoms with Gasteiger partial charge in [0, 0.05) is 31.9 Å². The van der Waals surface area contributed by atoms with Crippen molar-refractivity contribution in [3.8, 4) is 0 Å². The van der Waals surface area contributed by atoms with Gasteiger partial charge in [-0.25, -0.2) is 4.98 Å². The first-order valence-corrected chi connectivity index (χ1v) is 8.91. The molecule has 0 aliphatic heterocycles. The molecule has 8 heteroatoms. The molecule has 8 nitrogen and oxygen atoms in total. The van der Waals surface area contributed by atoms with Crippen molar-refractivity contribution in [2.75, 3.05) is 37.9 Å². The van der Waals surface area contributed by atoms with Crippen molar-refractivity contribution in [2.24, 2.45) is 0 Å². The van der Waals surface area contributed by atoms with Crippen LogP contribution in [-0.4, -0.2) is 58.6 Å². The number of aliphatic hydroxyl groups excluding tert-OH is 1. The van der Waals surface area contributed by atoms with Gasteiger partial charge < -0.3 is 25.2 Å². The average Bonchev–Trinajstić information content (AvgIpc) is 3.03. The Labute approximate surface area is 162 Å². The monoisotopic (exact) mass is 381 g/mol. The van der Waals surface area contributed by atoms with Gasteiger partial charge in [0.1, 0.15) is 6.54 Å². The summed E-state index contributed by atoms with van der Waals surface area (Å²) in [5.74, 6) is 0.138. The number of amides is 2. The zero-order chi connectivity index (χ0) is 20.1. The van der Waals surface area contributed by atoms with E-state index in [1.54, 1.807) is 42.9 Å². The largest absolute Gasteiger partial charge is 0.395 e. The van der Waals surface area contributed by atoms with Gasteiger partial charge in [-0.2, -0.15) is 0 Å². The molecule has 0 atom stereocenters. The molecule has 3 aromatic rings. The minimum Gasteiger partial charge on any atom is -0.395 e. The quantitative estimate of drug-likeness (QED) is 0.579. The molecule has 0 saturated carbocycles. The summed E-state index contributed by atoms with van der Waals surface area (Å²) in [5, 5.41) is 14.9. The van der Waals surface area contributed by atoms with Crippen LogP contribution in [0, 0.1) is 0 Å². The predicted molar refractivity (Wildman–Crippen MR) is 108 cm³/mol. The average molecular weight is 381 g/mol. The summed E-state index contributed by atoms with van der Waals surface area (Å²) < 4.78 is 1.76. The number of aromatic nitrogens is 2. The molecule has 2 aromatic carbocycles. The molecular formula is C20H23N5O3. The lowest BCUT2D eigenvalue weighted by molar-refractivity contribution is -0.116. The second-order valence-electron chi connectivity index (χ2n) is 6.49. The molecule has 146 valence electrons. The molecule has 2 amide bonds. The van der Waals surface area contributed by atoms with Gasteiger partial charge in [0.05, 0.1) is 17.6 Å². The molecule has 3 N–H and O–H groups in total. The van der Waals surface area contributed by atoms with E-state index in [9.17, 15) is 9.59 Å². The van der Waals surface area contributed by atoms with Gasteiger partial charge in [-0.3, -0.25) is 9.59 Å². The molecular weight excluding hydrogens is 358 g/mol. The highest BCUT2D eigenvalue weighted by molar-refractivity contribution is 5.97. The topological polar surface area (TPSA) is 99.5 Å². The third-order valence-corrected chi connectivity index (χ3v) is 4.15. The van der Waals surface area contributed by atoms with Crippen LogP contribution in [0.1, 0.15) is 10.4 Å². The Hall–Kier alpha value is -3.39. The van der Waals surface area contributed by atoms with Crippen LogP contribution in [-0.2, 0) is 11.3 Å². The molecule has 0 saturated heterocycles. The second kappa shape index (κ2) is 8.53.